The summed E-state index contributed by atoms with van der Waals surface area (Å²) in [5.74, 6) is -0.246. The Kier molecular flexibility index (Phi) is 5.34. The molecule has 2 heterocycles. The van der Waals surface area contributed by atoms with Gasteiger partial charge in [-0.2, -0.15) is 5.26 Å². The quantitative estimate of drug-likeness (QED) is 0.671. The van der Waals surface area contributed by atoms with Gasteiger partial charge in [-0.15, -0.1) is 11.3 Å². The van der Waals surface area contributed by atoms with Gasteiger partial charge in [-0.1, -0.05) is 29.3 Å². The Morgan fingerprint density at radius 1 is 1.20 bits per heavy atom. The van der Waals surface area contributed by atoms with Gasteiger partial charge < -0.3 is 5.32 Å². The zero-order valence-electron chi connectivity index (χ0n) is 12.8. The highest BCUT2D eigenvalue weighted by atomic mass is 35.5. The van der Waals surface area contributed by atoms with Crippen LogP contribution >= 0.6 is 34.5 Å². The number of nitrogens with zero attached hydrogens (tertiary/aromatic N) is 2. The minimum atomic E-state index is -0.246. The maximum absolute atomic E-state index is 12.3. The van der Waals surface area contributed by atoms with Crippen LogP contribution in [-0.4, -0.2) is 10.9 Å². The van der Waals surface area contributed by atoms with E-state index in [0.29, 0.717) is 26.2 Å². The molecular formula is C18H11Cl2N3OS. The number of amides is 1. The van der Waals surface area contributed by atoms with E-state index in [0.717, 1.165) is 10.4 Å². The number of anilines is 1. The maximum Gasteiger partial charge on any atom is 0.229 e. The Morgan fingerprint density at radius 2 is 1.96 bits per heavy atom. The monoisotopic (exact) mass is 387 g/mol. The molecule has 4 nitrogen and oxygen atoms in total. The summed E-state index contributed by atoms with van der Waals surface area (Å²) in [7, 11) is 0. The third-order valence-electron chi connectivity index (χ3n) is 3.44. The number of halogens is 2. The summed E-state index contributed by atoms with van der Waals surface area (Å²) in [6.07, 6.45) is 3.47. The summed E-state index contributed by atoms with van der Waals surface area (Å²) in [5, 5.41) is 13.6. The minimum Gasteiger partial charge on any atom is -0.316 e. The summed E-state index contributed by atoms with van der Waals surface area (Å²) in [5.41, 5.74) is 2.04. The second kappa shape index (κ2) is 7.66. The van der Waals surface area contributed by atoms with Crippen LogP contribution < -0.4 is 5.32 Å². The first kappa shape index (κ1) is 17.4. The molecule has 7 heteroatoms. The summed E-state index contributed by atoms with van der Waals surface area (Å²) >= 11 is 13.3. The van der Waals surface area contributed by atoms with Crippen LogP contribution in [0.15, 0.2) is 48.8 Å². The standard InChI is InChI=1S/C18H11Cl2N3OS/c19-14-2-1-12(15(20)9-14)8-17(24)23-18-13(10-21)7-16(25-18)11-3-5-22-6-4-11/h1-7,9H,8H2,(H,23,24). The lowest BCUT2D eigenvalue weighted by Gasteiger charge is -2.06. The normalized spacial score (nSPS) is 10.3. The van der Waals surface area contributed by atoms with Crippen molar-refractivity contribution in [3.8, 4) is 16.5 Å². The first-order valence-electron chi connectivity index (χ1n) is 7.25. The Balaban J connectivity index is 1.79. The molecule has 1 N–H and O–H groups in total. The zero-order chi connectivity index (χ0) is 17.8. The van der Waals surface area contributed by atoms with Crippen LogP contribution in [-0.2, 0) is 11.2 Å². The third-order valence-corrected chi connectivity index (χ3v) is 5.12. The van der Waals surface area contributed by atoms with Crippen molar-refractivity contribution in [3.05, 3.63) is 70.0 Å². The number of hydrogen-bond acceptors (Lipinski definition) is 4. The minimum absolute atomic E-state index is 0.101. The average Bonchev–Trinajstić information content (AvgIpc) is 3.01. The third kappa shape index (κ3) is 4.18. The molecular weight excluding hydrogens is 377 g/mol. The highest BCUT2D eigenvalue weighted by Gasteiger charge is 2.14. The Morgan fingerprint density at radius 3 is 2.64 bits per heavy atom. The number of hydrogen-bond donors (Lipinski definition) is 1. The van der Waals surface area contributed by atoms with Crippen LogP contribution in [0, 0.1) is 11.3 Å². The Bertz CT molecular complexity index is 964. The van der Waals surface area contributed by atoms with E-state index in [9.17, 15) is 10.1 Å². The van der Waals surface area contributed by atoms with Crippen molar-refractivity contribution in [1.82, 2.24) is 4.98 Å². The molecule has 25 heavy (non-hydrogen) atoms. The molecule has 0 atom stereocenters. The SMILES string of the molecule is N#Cc1cc(-c2ccncc2)sc1NC(=O)Cc1ccc(Cl)cc1Cl. The van der Waals surface area contributed by atoms with Crippen molar-refractivity contribution >= 4 is 45.4 Å². The largest absolute Gasteiger partial charge is 0.316 e. The van der Waals surface area contributed by atoms with Crippen LogP contribution in [0.3, 0.4) is 0 Å². The number of carbonyl (C=O) groups excluding carboxylic acids is 1. The maximum atomic E-state index is 12.3. The van der Waals surface area contributed by atoms with Crippen molar-refractivity contribution in [2.24, 2.45) is 0 Å². The molecule has 124 valence electrons. The van der Waals surface area contributed by atoms with E-state index in [1.807, 2.05) is 12.1 Å². The topological polar surface area (TPSA) is 65.8 Å². The van der Waals surface area contributed by atoms with E-state index in [1.54, 1.807) is 36.7 Å². The van der Waals surface area contributed by atoms with Crippen LogP contribution in [0.2, 0.25) is 10.0 Å². The van der Waals surface area contributed by atoms with Crippen LogP contribution in [0.4, 0.5) is 5.00 Å². The summed E-state index contributed by atoms with van der Waals surface area (Å²) in [4.78, 5) is 17.2. The van der Waals surface area contributed by atoms with Gasteiger partial charge in [0, 0.05) is 27.3 Å². The number of nitrogens with one attached hydrogen (secondary N) is 1. The molecule has 0 saturated carbocycles. The number of thiophene rings is 1. The first-order chi connectivity index (χ1) is 12.1. The van der Waals surface area contributed by atoms with Crippen molar-refractivity contribution in [3.63, 3.8) is 0 Å². The second-order valence-corrected chi connectivity index (χ2v) is 7.06. The summed E-state index contributed by atoms with van der Waals surface area (Å²) in [6, 6.07) is 12.6. The van der Waals surface area contributed by atoms with Crippen LogP contribution in [0.1, 0.15) is 11.1 Å². The molecule has 0 aliphatic heterocycles. The lowest BCUT2D eigenvalue weighted by Crippen LogP contribution is -2.14. The van der Waals surface area contributed by atoms with Crippen LogP contribution in [0.5, 0.6) is 0 Å². The number of benzene rings is 1. The van der Waals surface area contributed by atoms with E-state index in [4.69, 9.17) is 23.2 Å². The average molecular weight is 388 g/mol. The predicted octanol–water partition coefficient (Wildman–Crippen LogP) is 5.17. The van der Waals surface area contributed by atoms with E-state index >= 15 is 0 Å². The Labute approximate surface area is 158 Å². The van der Waals surface area contributed by atoms with Gasteiger partial charge in [0.1, 0.15) is 11.1 Å². The van der Waals surface area contributed by atoms with Crippen molar-refractivity contribution < 1.29 is 4.79 Å². The van der Waals surface area contributed by atoms with Crippen molar-refractivity contribution in [2.75, 3.05) is 5.32 Å². The van der Waals surface area contributed by atoms with Gasteiger partial charge in [0.25, 0.3) is 0 Å². The van der Waals surface area contributed by atoms with E-state index in [2.05, 4.69) is 16.4 Å². The molecule has 1 aromatic carbocycles. The fraction of sp³-hybridized carbons (Fsp3) is 0.0556. The molecule has 0 bridgehead atoms. The molecule has 3 aromatic rings. The van der Waals surface area contributed by atoms with Gasteiger partial charge in [-0.05, 0) is 41.5 Å². The predicted molar refractivity (Wildman–Crippen MR) is 101 cm³/mol. The second-order valence-electron chi connectivity index (χ2n) is 5.16. The van der Waals surface area contributed by atoms with E-state index < -0.39 is 0 Å². The molecule has 0 radical (unpaired) electrons. The highest BCUT2D eigenvalue weighted by Crippen LogP contribution is 2.35. The number of carbonyl (C=O) groups is 1. The van der Waals surface area contributed by atoms with Gasteiger partial charge in [-0.25, -0.2) is 0 Å². The van der Waals surface area contributed by atoms with Crippen LogP contribution in [0.25, 0.3) is 10.4 Å². The molecule has 0 unspecified atom stereocenters. The first-order valence-corrected chi connectivity index (χ1v) is 8.82. The molecule has 3 rings (SSSR count). The van der Waals surface area contributed by atoms with Gasteiger partial charge in [0.2, 0.25) is 5.91 Å². The lowest BCUT2D eigenvalue weighted by molar-refractivity contribution is -0.115. The molecule has 0 saturated heterocycles. The number of rotatable bonds is 4. The molecule has 2 aromatic heterocycles. The number of nitriles is 1. The van der Waals surface area contributed by atoms with Gasteiger partial charge in [-0.3, -0.25) is 9.78 Å². The molecule has 0 aliphatic rings. The van der Waals surface area contributed by atoms with Crippen molar-refractivity contribution in [2.45, 2.75) is 6.42 Å². The Hall–Kier alpha value is -2.39. The molecule has 1 amide bonds. The fourth-order valence-electron chi connectivity index (χ4n) is 2.23. The van der Waals surface area contributed by atoms with E-state index in [-0.39, 0.29) is 12.3 Å². The molecule has 0 fully saturated rings. The number of aromatic nitrogens is 1. The number of pyridine rings is 1. The molecule has 0 aliphatic carbocycles. The van der Waals surface area contributed by atoms with Gasteiger partial charge in [0.15, 0.2) is 0 Å². The van der Waals surface area contributed by atoms with Gasteiger partial charge in [0.05, 0.1) is 12.0 Å². The van der Waals surface area contributed by atoms with E-state index in [1.165, 1.54) is 11.3 Å². The lowest BCUT2D eigenvalue weighted by atomic mass is 10.1. The van der Waals surface area contributed by atoms with Gasteiger partial charge >= 0.3 is 0 Å². The molecule has 0 spiro atoms. The zero-order valence-corrected chi connectivity index (χ0v) is 15.1. The van der Waals surface area contributed by atoms with Crippen molar-refractivity contribution in [1.29, 1.82) is 5.26 Å². The summed E-state index contributed by atoms with van der Waals surface area (Å²) in [6.45, 7) is 0. The fourth-order valence-corrected chi connectivity index (χ4v) is 3.74. The highest BCUT2D eigenvalue weighted by molar-refractivity contribution is 7.19. The summed E-state index contributed by atoms with van der Waals surface area (Å²) < 4.78 is 0. The smallest absolute Gasteiger partial charge is 0.229 e.